The van der Waals surface area contributed by atoms with Crippen molar-refractivity contribution in [2.75, 3.05) is 0 Å². The largest absolute Gasteiger partial charge is 0.391 e. The topological polar surface area (TPSA) is 25.2 Å². The Balaban J connectivity index is 2.10. The monoisotopic (exact) mass is 279 g/mol. The molecule has 0 bridgehead atoms. The maximum absolute atomic E-state index is 10.4. The summed E-state index contributed by atoms with van der Waals surface area (Å²) in [5, 5.41) is 13.6. The minimum Gasteiger partial charge on any atom is -0.391 e. The molecule has 0 aliphatic heterocycles. The highest BCUT2D eigenvalue weighted by Gasteiger charge is 2.38. The van der Waals surface area contributed by atoms with E-state index in [1.165, 1.54) is 5.39 Å². The Bertz CT molecular complexity index is 630. The van der Waals surface area contributed by atoms with E-state index in [0.29, 0.717) is 11.8 Å². The first-order valence-electron chi connectivity index (χ1n) is 6.36. The lowest BCUT2D eigenvalue weighted by atomic mass is 9.99. The predicted octanol–water partition coefficient (Wildman–Crippen LogP) is 4.01. The van der Waals surface area contributed by atoms with Crippen molar-refractivity contribution in [1.82, 2.24) is 4.57 Å². The van der Waals surface area contributed by atoms with Crippen LogP contribution < -0.4 is 0 Å². The Hall–Kier alpha value is -0.710. The number of aliphatic hydroxyl groups is 1. The Morgan fingerprint density at radius 2 is 2.17 bits per heavy atom. The number of aromatic nitrogens is 1. The molecule has 2 heterocycles. The summed E-state index contributed by atoms with van der Waals surface area (Å²) >= 11 is 7.26. The van der Waals surface area contributed by atoms with E-state index in [1.807, 2.05) is 6.20 Å². The maximum atomic E-state index is 10.4. The van der Waals surface area contributed by atoms with Crippen LogP contribution in [0.5, 0.6) is 0 Å². The fourth-order valence-electron chi connectivity index (χ4n) is 2.93. The summed E-state index contributed by atoms with van der Waals surface area (Å²) in [4.78, 5) is 0. The smallest absolute Gasteiger partial charge is 0.124 e. The van der Waals surface area contributed by atoms with Gasteiger partial charge < -0.3 is 9.67 Å². The molecule has 0 aromatic carbocycles. The molecule has 2 aromatic heterocycles. The zero-order chi connectivity index (χ0) is 12.9. The Kier molecular flexibility index (Phi) is 3.04. The molecular weight excluding hydrogens is 262 g/mol. The summed E-state index contributed by atoms with van der Waals surface area (Å²) in [5.74, 6) is 0.891. The Labute approximate surface area is 116 Å². The molecular formula is C14H17NOS2. The van der Waals surface area contributed by atoms with E-state index < -0.39 is 0 Å². The third-order valence-electron chi connectivity index (χ3n) is 4.34. The number of rotatable bonds is 1. The van der Waals surface area contributed by atoms with Crippen LogP contribution in [0.25, 0.3) is 10.1 Å². The van der Waals surface area contributed by atoms with Crippen LogP contribution in [0.4, 0.5) is 0 Å². The van der Waals surface area contributed by atoms with Crippen molar-refractivity contribution in [1.29, 1.82) is 0 Å². The molecule has 0 radical (unpaired) electrons. The van der Waals surface area contributed by atoms with Crippen molar-refractivity contribution in [3.8, 4) is 0 Å². The summed E-state index contributed by atoms with van der Waals surface area (Å²) in [5.41, 5.74) is 0. The van der Waals surface area contributed by atoms with Crippen LogP contribution in [0.3, 0.4) is 0 Å². The summed E-state index contributed by atoms with van der Waals surface area (Å²) in [6, 6.07) is 4.33. The summed E-state index contributed by atoms with van der Waals surface area (Å²) in [7, 11) is 0. The minimum atomic E-state index is -0.288. The van der Waals surface area contributed by atoms with E-state index in [0.717, 1.165) is 15.8 Å². The van der Waals surface area contributed by atoms with E-state index in [2.05, 4.69) is 35.9 Å². The van der Waals surface area contributed by atoms with Gasteiger partial charge in [-0.15, -0.1) is 11.3 Å². The van der Waals surface area contributed by atoms with Gasteiger partial charge in [0.2, 0.25) is 0 Å². The number of hydrogen-bond acceptors (Lipinski definition) is 3. The van der Waals surface area contributed by atoms with E-state index >= 15 is 0 Å². The average molecular weight is 279 g/mol. The van der Waals surface area contributed by atoms with Crippen LogP contribution in [0.2, 0.25) is 0 Å². The van der Waals surface area contributed by atoms with Crippen LogP contribution in [0, 0.1) is 16.5 Å². The molecule has 4 heteroatoms. The number of thiophene rings is 1. The van der Waals surface area contributed by atoms with Gasteiger partial charge in [0.25, 0.3) is 0 Å². The van der Waals surface area contributed by atoms with Gasteiger partial charge >= 0.3 is 0 Å². The number of aliphatic hydroxyl groups excluding tert-OH is 1. The fraction of sp³-hybridized carbons (Fsp3) is 0.500. The second-order valence-electron chi connectivity index (χ2n) is 5.36. The molecule has 4 atom stereocenters. The van der Waals surface area contributed by atoms with Gasteiger partial charge in [-0.05, 0) is 41.2 Å². The van der Waals surface area contributed by atoms with Gasteiger partial charge in [-0.3, -0.25) is 0 Å². The molecule has 2 nitrogen and oxygen atoms in total. The molecule has 4 unspecified atom stereocenters. The van der Waals surface area contributed by atoms with Crippen molar-refractivity contribution in [2.24, 2.45) is 11.8 Å². The van der Waals surface area contributed by atoms with Crippen LogP contribution in [-0.2, 0) is 0 Å². The van der Waals surface area contributed by atoms with Gasteiger partial charge in [0.05, 0.1) is 16.8 Å². The third kappa shape index (κ3) is 1.75. The lowest BCUT2D eigenvalue weighted by molar-refractivity contribution is 0.0954. The van der Waals surface area contributed by atoms with Gasteiger partial charge in [0.15, 0.2) is 0 Å². The molecule has 1 N–H and O–H groups in total. The number of nitrogens with zero attached hydrogens (tertiary/aromatic N) is 1. The molecule has 0 amide bonds. The molecule has 18 heavy (non-hydrogen) atoms. The lowest BCUT2D eigenvalue weighted by Crippen LogP contribution is -2.23. The van der Waals surface area contributed by atoms with Crippen molar-refractivity contribution >= 4 is 33.6 Å². The van der Waals surface area contributed by atoms with Crippen molar-refractivity contribution < 1.29 is 5.11 Å². The second kappa shape index (κ2) is 4.44. The van der Waals surface area contributed by atoms with Crippen LogP contribution in [0.15, 0.2) is 23.7 Å². The number of hydrogen-bond donors (Lipinski definition) is 1. The molecule has 1 aliphatic carbocycles. The first kappa shape index (κ1) is 12.3. The van der Waals surface area contributed by atoms with Crippen molar-refractivity contribution in [3.05, 3.63) is 28.4 Å². The second-order valence-corrected chi connectivity index (χ2v) is 6.67. The number of fused-ring (bicyclic) bond motifs is 1. The van der Waals surface area contributed by atoms with E-state index in [9.17, 15) is 5.11 Å². The zero-order valence-corrected chi connectivity index (χ0v) is 12.2. The van der Waals surface area contributed by atoms with Crippen molar-refractivity contribution in [3.63, 3.8) is 0 Å². The summed E-state index contributed by atoms with van der Waals surface area (Å²) in [6.45, 7) is 4.34. The zero-order valence-electron chi connectivity index (χ0n) is 10.5. The molecule has 2 aromatic rings. The highest BCUT2D eigenvalue weighted by molar-refractivity contribution is 7.71. The highest BCUT2D eigenvalue weighted by Crippen LogP contribution is 2.40. The standard InChI is InChI=1S/C14H17NOS2/c1-8-7-11(12(16)9(8)2)15-5-3-10-4-6-18-13(10)14(15)17/h3-6,8-9,11-12,16H,7H2,1-2H3. The molecule has 96 valence electrons. The van der Waals surface area contributed by atoms with Gasteiger partial charge in [0.1, 0.15) is 4.64 Å². The summed E-state index contributed by atoms with van der Waals surface area (Å²) in [6.07, 6.45) is 2.76. The predicted molar refractivity (Wildman–Crippen MR) is 78.6 cm³/mol. The molecule has 0 spiro atoms. The molecule has 3 rings (SSSR count). The fourth-order valence-corrected chi connectivity index (χ4v) is 4.22. The highest BCUT2D eigenvalue weighted by atomic mass is 32.1. The first-order chi connectivity index (χ1) is 8.59. The average Bonchev–Trinajstić information content (AvgIpc) is 2.92. The van der Waals surface area contributed by atoms with Gasteiger partial charge in [0, 0.05) is 6.20 Å². The molecule has 1 saturated carbocycles. The van der Waals surface area contributed by atoms with Crippen LogP contribution in [-0.4, -0.2) is 15.8 Å². The Morgan fingerprint density at radius 1 is 1.39 bits per heavy atom. The van der Waals surface area contributed by atoms with Crippen molar-refractivity contribution in [2.45, 2.75) is 32.4 Å². The van der Waals surface area contributed by atoms with E-state index in [-0.39, 0.29) is 12.1 Å². The molecule has 0 saturated heterocycles. The Morgan fingerprint density at radius 3 is 2.83 bits per heavy atom. The lowest BCUT2D eigenvalue weighted by Gasteiger charge is -2.20. The van der Waals surface area contributed by atoms with E-state index in [4.69, 9.17) is 12.2 Å². The minimum absolute atomic E-state index is 0.133. The first-order valence-corrected chi connectivity index (χ1v) is 7.65. The number of pyridine rings is 1. The quantitative estimate of drug-likeness (QED) is 0.798. The van der Waals surface area contributed by atoms with Gasteiger partial charge in [-0.1, -0.05) is 26.1 Å². The maximum Gasteiger partial charge on any atom is 0.124 e. The SMILES string of the molecule is CC1CC(n2ccc3ccsc3c2=S)C(O)C1C. The van der Waals surface area contributed by atoms with E-state index in [1.54, 1.807) is 11.3 Å². The summed E-state index contributed by atoms with van der Waals surface area (Å²) < 4.78 is 4.12. The van der Waals surface area contributed by atoms with Gasteiger partial charge in [-0.25, -0.2) is 0 Å². The third-order valence-corrected chi connectivity index (χ3v) is 5.82. The molecule has 1 aliphatic rings. The normalized spacial score (nSPS) is 32.2. The molecule has 1 fully saturated rings. The van der Waals surface area contributed by atoms with Crippen LogP contribution in [0.1, 0.15) is 26.3 Å². The van der Waals surface area contributed by atoms with Gasteiger partial charge in [-0.2, -0.15) is 0 Å². The van der Waals surface area contributed by atoms with Crippen LogP contribution >= 0.6 is 23.6 Å².